The van der Waals surface area contributed by atoms with E-state index in [1.807, 2.05) is 24.3 Å². The van der Waals surface area contributed by atoms with Gasteiger partial charge in [-0.1, -0.05) is 17.7 Å². The van der Waals surface area contributed by atoms with Gasteiger partial charge in [0.05, 0.1) is 10.5 Å². The van der Waals surface area contributed by atoms with Crippen molar-refractivity contribution in [3.8, 4) is 0 Å². The average molecular weight is 394 g/mol. The Morgan fingerprint density at radius 3 is 2.60 bits per heavy atom. The Balaban J connectivity index is 1.80. The number of aromatic nitrogens is 2. The monoisotopic (exact) mass is 393 g/mol. The highest BCUT2D eigenvalue weighted by molar-refractivity contribution is 7.98. The first-order chi connectivity index (χ1) is 11.9. The molecule has 0 saturated heterocycles. The van der Waals surface area contributed by atoms with Crippen LogP contribution in [0.5, 0.6) is 0 Å². The summed E-state index contributed by atoms with van der Waals surface area (Å²) in [6, 6.07) is 10.9. The molecule has 0 aliphatic carbocycles. The molecule has 8 heteroatoms. The number of hydrogen-bond donors (Lipinski definition) is 0. The molecule has 2 heterocycles. The third-order valence-electron chi connectivity index (χ3n) is 3.66. The summed E-state index contributed by atoms with van der Waals surface area (Å²) in [6.45, 7) is 0. The van der Waals surface area contributed by atoms with Gasteiger partial charge in [-0.2, -0.15) is 0 Å². The molecule has 3 aromatic rings. The van der Waals surface area contributed by atoms with Crippen LogP contribution >= 0.6 is 23.4 Å². The molecule has 3 rings (SSSR count). The first-order valence-electron chi connectivity index (χ1n) is 7.43. The number of pyridine rings is 2. The summed E-state index contributed by atoms with van der Waals surface area (Å²) in [5, 5.41) is 2.34. The van der Waals surface area contributed by atoms with Crippen molar-refractivity contribution < 1.29 is 8.42 Å². The summed E-state index contributed by atoms with van der Waals surface area (Å²) in [7, 11) is -0.464. The van der Waals surface area contributed by atoms with Crippen molar-refractivity contribution in [2.45, 2.75) is 15.7 Å². The average Bonchev–Trinajstić information content (AvgIpc) is 2.62. The van der Waals surface area contributed by atoms with E-state index in [0.717, 1.165) is 21.5 Å². The molecule has 0 atom stereocenters. The minimum atomic E-state index is -3.46. The van der Waals surface area contributed by atoms with Crippen LogP contribution in [0, 0.1) is 0 Å². The molecule has 0 aliphatic heterocycles. The zero-order chi connectivity index (χ0) is 18.0. The quantitative estimate of drug-likeness (QED) is 0.616. The van der Waals surface area contributed by atoms with Crippen molar-refractivity contribution in [1.82, 2.24) is 14.3 Å². The Morgan fingerprint density at radius 2 is 1.92 bits per heavy atom. The molecule has 5 nitrogen and oxygen atoms in total. The van der Waals surface area contributed by atoms with E-state index in [4.69, 9.17) is 11.6 Å². The van der Waals surface area contributed by atoms with E-state index >= 15 is 0 Å². The molecule has 0 amide bonds. The number of halogens is 1. The molecule has 1 aromatic carbocycles. The Kier molecular flexibility index (Phi) is 5.29. The van der Waals surface area contributed by atoms with Crippen molar-refractivity contribution in [3.63, 3.8) is 0 Å². The highest BCUT2D eigenvalue weighted by Crippen LogP contribution is 2.29. The Hall–Kier alpha value is -1.67. The number of benzene rings is 1. The molecular weight excluding hydrogens is 378 g/mol. The summed E-state index contributed by atoms with van der Waals surface area (Å²) in [5.41, 5.74) is 1.92. The third-order valence-corrected chi connectivity index (χ3v) is 6.78. The maximum atomic E-state index is 12.1. The molecule has 25 heavy (non-hydrogen) atoms. The summed E-state index contributed by atoms with van der Waals surface area (Å²) >= 11 is 7.73. The van der Waals surface area contributed by atoms with Gasteiger partial charge in [0, 0.05) is 42.7 Å². The molecule has 0 N–H and O–H groups in total. The minimum absolute atomic E-state index is 0.181. The molecular formula is C17H16ClN3O2S2. The van der Waals surface area contributed by atoms with Crippen molar-refractivity contribution in [2.75, 3.05) is 14.1 Å². The van der Waals surface area contributed by atoms with Crippen LogP contribution in [0.15, 0.2) is 58.7 Å². The first kappa shape index (κ1) is 18.1. The third kappa shape index (κ3) is 3.79. The van der Waals surface area contributed by atoms with Crippen LogP contribution in [0.3, 0.4) is 0 Å². The van der Waals surface area contributed by atoms with E-state index in [0.29, 0.717) is 10.8 Å². The van der Waals surface area contributed by atoms with E-state index < -0.39 is 10.0 Å². The van der Waals surface area contributed by atoms with Crippen LogP contribution in [-0.4, -0.2) is 36.8 Å². The van der Waals surface area contributed by atoms with E-state index in [9.17, 15) is 8.42 Å². The van der Waals surface area contributed by atoms with Crippen LogP contribution in [-0.2, 0) is 15.8 Å². The molecule has 130 valence electrons. The Morgan fingerprint density at radius 1 is 1.12 bits per heavy atom. The van der Waals surface area contributed by atoms with Crippen molar-refractivity contribution in [3.05, 3.63) is 59.4 Å². The van der Waals surface area contributed by atoms with Gasteiger partial charge < -0.3 is 0 Å². The Labute approximate surface area is 156 Å². The van der Waals surface area contributed by atoms with E-state index in [-0.39, 0.29) is 4.90 Å². The van der Waals surface area contributed by atoms with Crippen molar-refractivity contribution >= 4 is 44.3 Å². The second-order valence-corrected chi connectivity index (χ2v) is 9.07. The lowest BCUT2D eigenvalue weighted by Crippen LogP contribution is -2.22. The number of fused-ring (bicyclic) bond motifs is 1. The number of sulfonamides is 1. The topological polar surface area (TPSA) is 63.2 Å². The minimum Gasteiger partial charge on any atom is -0.256 e. The highest BCUT2D eigenvalue weighted by atomic mass is 35.5. The maximum absolute atomic E-state index is 12.1. The van der Waals surface area contributed by atoms with E-state index in [2.05, 4.69) is 9.97 Å². The zero-order valence-electron chi connectivity index (χ0n) is 13.7. The molecule has 2 aromatic heterocycles. The molecule has 0 unspecified atom stereocenters. The highest BCUT2D eigenvalue weighted by Gasteiger charge is 2.17. The summed E-state index contributed by atoms with van der Waals surface area (Å²) in [6.07, 6.45) is 3.13. The lowest BCUT2D eigenvalue weighted by atomic mass is 10.1. The second kappa shape index (κ2) is 7.29. The molecule has 0 fully saturated rings. The molecule has 0 saturated carbocycles. The maximum Gasteiger partial charge on any atom is 0.244 e. The van der Waals surface area contributed by atoms with Crippen LogP contribution in [0.4, 0.5) is 0 Å². The standard InChI is InChI=1S/C17H16ClN3O2S2/c1-21(2)25(22,23)13-6-8-16(20-10-13)24-11-12-5-7-15(18)14-4-3-9-19-17(12)14/h3-10H,11H2,1-2H3. The normalized spacial score (nSPS) is 12.0. The van der Waals surface area contributed by atoms with Crippen LogP contribution in [0.2, 0.25) is 5.02 Å². The van der Waals surface area contributed by atoms with Crippen LogP contribution in [0.1, 0.15) is 5.56 Å². The molecule has 0 aliphatic rings. The first-order valence-corrected chi connectivity index (χ1v) is 10.2. The molecule has 0 spiro atoms. The van der Waals surface area contributed by atoms with Gasteiger partial charge in [-0.05, 0) is 35.9 Å². The predicted molar refractivity (Wildman–Crippen MR) is 101 cm³/mol. The van der Waals surface area contributed by atoms with Gasteiger partial charge in [-0.25, -0.2) is 17.7 Å². The largest absolute Gasteiger partial charge is 0.256 e. The number of hydrogen-bond acceptors (Lipinski definition) is 5. The van der Waals surface area contributed by atoms with E-state index in [1.165, 1.54) is 36.4 Å². The number of thioether (sulfide) groups is 1. The predicted octanol–water partition coefficient (Wildman–Crippen LogP) is 3.83. The van der Waals surface area contributed by atoms with Gasteiger partial charge in [-0.3, -0.25) is 4.98 Å². The van der Waals surface area contributed by atoms with Gasteiger partial charge in [0.1, 0.15) is 4.90 Å². The van der Waals surface area contributed by atoms with E-state index in [1.54, 1.807) is 18.3 Å². The Bertz CT molecular complexity index is 1010. The summed E-state index contributed by atoms with van der Waals surface area (Å²) < 4.78 is 25.3. The van der Waals surface area contributed by atoms with Crippen molar-refractivity contribution in [2.24, 2.45) is 0 Å². The molecule has 0 radical (unpaired) electrons. The number of nitrogens with zero attached hydrogens (tertiary/aromatic N) is 3. The van der Waals surface area contributed by atoms with Gasteiger partial charge in [0.15, 0.2) is 0 Å². The zero-order valence-corrected chi connectivity index (χ0v) is 16.1. The fourth-order valence-electron chi connectivity index (χ4n) is 2.28. The lowest BCUT2D eigenvalue weighted by Gasteiger charge is -2.11. The van der Waals surface area contributed by atoms with Gasteiger partial charge in [0.25, 0.3) is 0 Å². The van der Waals surface area contributed by atoms with Gasteiger partial charge in [0.2, 0.25) is 10.0 Å². The van der Waals surface area contributed by atoms with Crippen LogP contribution in [0.25, 0.3) is 10.9 Å². The summed E-state index contributed by atoms with van der Waals surface area (Å²) in [4.78, 5) is 8.85. The SMILES string of the molecule is CN(C)S(=O)(=O)c1ccc(SCc2ccc(Cl)c3cccnc23)nc1. The number of rotatable bonds is 5. The fraction of sp³-hybridized carbons (Fsp3) is 0.176. The smallest absolute Gasteiger partial charge is 0.244 e. The fourth-order valence-corrected chi connectivity index (χ4v) is 4.17. The van der Waals surface area contributed by atoms with Gasteiger partial charge >= 0.3 is 0 Å². The van der Waals surface area contributed by atoms with Crippen LogP contribution < -0.4 is 0 Å². The van der Waals surface area contributed by atoms with Crippen molar-refractivity contribution in [1.29, 1.82) is 0 Å². The second-order valence-electron chi connectivity index (χ2n) is 5.51. The molecule has 0 bridgehead atoms. The lowest BCUT2D eigenvalue weighted by molar-refractivity contribution is 0.520. The van der Waals surface area contributed by atoms with Gasteiger partial charge in [-0.15, -0.1) is 11.8 Å². The summed E-state index contributed by atoms with van der Waals surface area (Å²) in [5.74, 6) is 0.664.